The average Bonchev–Trinajstić information content (AvgIpc) is 2.66. The second-order valence-corrected chi connectivity index (χ2v) is 6.97. The average molecular weight is 492 g/mol. The van der Waals surface area contributed by atoms with Crippen LogP contribution in [0.15, 0.2) is 63.6 Å². The van der Waals surface area contributed by atoms with Crippen LogP contribution in [0.5, 0.6) is 11.5 Å². The Morgan fingerprint density at radius 3 is 2.41 bits per heavy atom. The predicted molar refractivity (Wildman–Crippen MR) is 113 cm³/mol. The molecule has 5 nitrogen and oxygen atoms in total. The number of benzene rings is 2. The fourth-order valence-corrected chi connectivity index (χ4v) is 3.58. The molecule has 0 aliphatic heterocycles. The summed E-state index contributed by atoms with van der Waals surface area (Å²) in [7, 11) is 1.56. The van der Waals surface area contributed by atoms with Crippen molar-refractivity contribution < 1.29 is 14.3 Å². The summed E-state index contributed by atoms with van der Waals surface area (Å²) < 4.78 is 12.0. The van der Waals surface area contributed by atoms with Crippen molar-refractivity contribution in [3.8, 4) is 17.6 Å². The van der Waals surface area contributed by atoms with Crippen LogP contribution in [0.25, 0.3) is 6.08 Å². The van der Waals surface area contributed by atoms with Crippen LogP contribution < -0.4 is 14.8 Å². The van der Waals surface area contributed by atoms with Crippen molar-refractivity contribution in [1.82, 2.24) is 0 Å². The van der Waals surface area contributed by atoms with Crippen LogP contribution in [0.1, 0.15) is 5.56 Å². The minimum Gasteiger partial charge on any atom is -0.497 e. The first-order chi connectivity index (χ1) is 13.0. The number of hydrogen-bond acceptors (Lipinski definition) is 4. The summed E-state index contributed by atoms with van der Waals surface area (Å²) in [6.07, 6.45) is 3.15. The third-order valence-corrected chi connectivity index (χ3v) is 4.57. The maximum absolute atomic E-state index is 12.4. The van der Waals surface area contributed by atoms with E-state index in [-0.39, 0.29) is 5.57 Å². The van der Waals surface area contributed by atoms with Crippen molar-refractivity contribution in [1.29, 1.82) is 5.26 Å². The molecule has 0 bridgehead atoms. The monoisotopic (exact) mass is 490 g/mol. The fraction of sp³-hybridized carbons (Fsp3) is 0.100. The Morgan fingerprint density at radius 1 is 1.26 bits per heavy atom. The molecule has 0 aromatic heterocycles. The van der Waals surface area contributed by atoms with Crippen LogP contribution in [-0.4, -0.2) is 19.6 Å². The van der Waals surface area contributed by atoms with Gasteiger partial charge in [0.05, 0.1) is 16.1 Å². The van der Waals surface area contributed by atoms with Gasteiger partial charge in [0.25, 0.3) is 5.91 Å². The third-order valence-electron chi connectivity index (χ3n) is 3.39. The van der Waals surface area contributed by atoms with Crippen molar-refractivity contribution in [3.05, 3.63) is 69.1 Å². The number of nitrogens with one attached hydrogen (secondary N) is 1. The summed E-state index contributed by atoms with van der Waals surface area (Å²) >= 11 is 6.86. The van der Waals surface area contributed by atoms with Crippen molar-refractivity contribution in [2.45, 2.75) is 0 Å². The van der Waals surface area contributed by atoms with E-state index in [1.54, 1.807) is 49.6 Å². The van der Waals surface area contributed by atoms with Crippen LogP contribution >= 0.6 is 31.9 Å². The number of halogens is 2. The molecule has 0 aliphatic rings. The molecule has 0 fully saturated rings. The van der Waals surface area contributed by atoms with Gasteiger partial charge in [-0.1, -0.05) is 12.7 Å². The standard InChI is InChI=1S/C20H16Br2N2O3/c1-3-8-27-19-17(21)10-13(11-18(19)22)9-14(12-23)20(25)24-15-4-6-16(26-2)7-5-15/h3-7,9-11H,1,8H2,2H3,(H,24,25)/b14-9+. The first-order valence-electron chi connectivity index (χ1n) is 7.78. The second kappa shape index (κ2) is 9.95. The summed E-state index contributed by atoms with van der Waals surface area (Å²) in [5.41, 5.74) is 1.21. The quantitative estimate of drug-likeness (QED) is 0.322. The van der Waals surface area contributed by atoms with E-state index in [1.807, 2.05) is 6.07 Å². The molecule has 1 amide bonds. The molecule has 27 heavy (non-hydrogen) atoms. The molecule has 138 valence electrons. The lowest BCUT2D eigenvalue weighted by atomic mass is 10.1. The van der Waals surface area contributed by atoms with E-state index in [4.69, 9.17) is 9.47 Å². The summed E-state index contributed by atoms with van der Waals surface area (Å²) in [6.45, 7) is 3.98. The summed E-state index contributed by atoms with van der Waals surface area (Å²) in [5.74, 6) is 0.799. The van der Waals surface area contributed by atoms with Gasteiger partial charge in [0.2, 0.25) is 0 Å². The summed E-state index contributed by atoms with van der Waals surface area (Å²) in [5, 5.41) is 12.1. The van der Waals surface area contributed by atoms with Gasteiger partial charge >= 0.3 is 0 Å². The Bertz CT molecular complexity index is 893. The molecule has 0 saturated carbocycles. The molecule has 0 saturated heterocycles. The first-order valence-corrected chi connectivity index (χ1v) is 9.37. The Morgan fingerprint density at radius 2 is 1.89 bits per heavy atom. The van der Waals surface area contributed by atoms with Gasteiger partial charge in [-0.05, 0) is 79.9 Å². The third kappa shape index (κ3) is 5.71. The van der Waals surface area contributed by atoms with Gasteiger partial charge < -0.3 is 14.8 Å². The van der Waals surface area contributed by atoms with Crippen LogP contribution in [0.4, 0.5) is 5.69 Å². The van der Waals surface area contributed by atoms with Crippen LogP contribution in [0, 0.1) is 11.3 Å². The molecular weight excluding hydrogens is 476 g/mol. The predicted octanol–water partition coefficient (Wildman–Crippen LogP) is 5.33. The lowest BCUT2D eigenvalue weighted by Crippen LogP contribution is -2.13. The van der Waals surface area contributed by atoms with E-state index in [1.165, 1.54) is 6.08 Å². The first kappa shape index (κ1) is 20.7. The van der Waals surface area contributed by atoms with E-state index < -0.39 is 5.91 Å². The number of nitriles is 1. The van der Waals surface area contributed by atoms with E-state index in [0.717, 1.165) is 0 Å². The number of ether oxygens (including phenoxy) is 2. The van der Waals surface area contributed by atoms with Crippen molar-refractivity contribution in [2.75, 3.05) is 19.0 Å². The smallest absolute Gasteiger partial charge is 0.266 e. The molecule has 0 atom stereocenters. The highest BCUT2D eigenvalue weighted by Crippen LogP contribution is 2.35. The number of hydrogen-bond donors (Lipinski definition) is 1. The molecule has 2 aromatic rings. The number of methoxy groups -OCH3 is 1. The molecule has 2 rings (SSSR count). The maximum Gasteiger partial charge on any atom is 0.266 e. The van der Waals surface area contributed by atoms with Gasteiger partial charge in [-0.3, -0.25) is 4.79 Å². The molecule has 0 radical (unpaired) electrons. The van der Waals surface area contributed by atoms with E-state index in [9.17, 15) is 10.1 Å². The van der Waals surface area contributed by atoms with Crippen LogP contribution in [0.3, 0.4) is 0 Å². The zero-order chi connectivity index (χ0) is 19.8. The minimum absolute atomic E-state index is 0.0237. The van der Waals surface area contributed by atoms with Gasteiger partial charge in [-0.2, -0.15) is 5.26 Å². The highest BCUT2D eigenvalue weighted by molar-refractivity contribution is 9.11. The normalized spacial score (nSPS) is 10.7. The van der Waals surface area contributed by atoms with Gasteiger partial charge in [0.1, 0.15) is 29.7 Å². The van der Waals surface area contributed by atoms with Crippen molar-refractivity contribution in [2.24, 2.45) is 0 Å². The molecule has 0 heterocycles. The molecule has 0 spiro atoms. The van der Waals surface area contributed by atoms with Crippen molar-refractivity contribution >= 4 is 49.5 Å². The SMILES string of the molecule is C=CCOc1c(Br)cc(/C=C(\C#N)C(=O)Nc2ccc(OC)cc2)cc1Br. The zero-order valence-electron chi connectivity index (χ0n) is 14.5. The molecule has 2 aromatic carbocycles. The number of rotatable bonds is 7. The van der Waals surface area contributed by atoms with Crippen molar-refractivity contribution in [3.63, 3.8) is 0 Å². The zero-order valence-corrected chi connectivity index (χ0v) is 17.6. The maximum atomic E-state index is 12.4. The van der Waals surface area contributed by atoms with E-state index in [0.29, 0.717) is 38.3 Å². The van der Waals surface area contributed by atoms with Gasteiger partial charge in [-0.25, -0.2) is 0 Å². The van der Waals surface area contributed by atoms with Gasteiger partial charge in [0, 0.05) is 5.69 Å². The summed E-state index contributed by atoms with van der Waals surface area (Å²) in [4.78, 5) is 12.4. The number of carbonyl (C=O) groups is 1. The lowest BCUT2D eigenvalue weighted by molar-refractivity contribution is -0.112. The Balaban J connectivity index is 2.22. The number of carbonyl (C=O) groups excluding carboxylic acids is 1. The minimum atomic E-state index is -0.498. The molecule has 0 aliphatic carbocycles. The van der Waals surface area contributed by atoms with Gasteiger partial charge in [0.15, 0.2) is 0 Å². The number of anilines is 1. The molecule has 7 heteroatoms. The largest absolute Gasteiger partial charge is 0.497 e. The second-order valence-electron chi connectivity index (χ2n) is 5.27. The molecule has 0 unspecified atom stereocenters. The molecule has 1 N–H and O–H groups in total. The van der Waals surface area contributed by atoms with E-state index >= 15 is 0 Å². The van der Waals surface area contributed by atoms with Crippen LogP contribution in [0.2, 0.25) is 0 Å². The number of amides is 1. The highest BCUT2D eigenvalue weighted by atomic mass is 79.9. The topological polar surface area (TPSA) is 71.3 Å². The van der Waals surface area contributed by atoms with Gasteiger partial charge in [-0.15, -0.1) is 0 Å². The molecular formula is C20H16Br2N2O3. The highest BCUT2D eigenvalue weighted by Gasteiger charge is 2.12. The lowest BCUT2D eigenvalue weighted by Gasteiger charge is -2.10. The Hall–Kier alpha value is -2.56. The van der Waals surface area contributed by atoms with Crippen LogP contribution in [-0.2, 0) is 4.79 Å². The Kier molecular flexibility index (Phi) is 7.65. The summed E-state index contributed by atoms with van der Waals surface area (Å²) in [6, 6.07) is 12.3. The fourth-order valence-electron chi connectivity index (χ4n) is 2.13. The van der Waals surface area contributed by atoms with E-state index in [2.05, 4.69) is 43.8 Å². The number of nitrogens with zero attached hydrogens (tertiary/aromatic N) is 1. The Labute approximate surface area is 174 Å².